The molecule has 1 aromatic rings. The van der Waals surface area contributed by atoms with Crippen molar-refractivity contribution in [1.29, 1.82) is 0 Å². The maximum atomic E-state index is 12.2. The number of aliphatic hydroxyl groups excluding tert-OH is 1. The van der Waals surface area contributed by atoms with Crippen molar-refractivity contribution in [3.05, 3.63) is 17.5 Å². The van der Waals surface area contributed by atoms with Crippen molar-refractivity contribution in [3.63, 3.8) is 0 Å². The summed E-state index contributed by atoms with van der Waals surface area (Å²) in [6, 6.07) is 1.51. The molecule has 2 N–H and O–H groups in total. The first-order valence-corrected chi connectivity index (χ1v) is 6.15. The lowest BCUT2D eigenvalue weighted by Crippen LogP contribution is -2.41. The van der Waals surface area contributed by atoms with E-state index in [4.69, 9.17) is 5.11 Å². The number of alkyl halides is 3. The summed E-state index contributed by atoms with van der Waals surface area (Å²) in [7, 11) is 1.19. The number of likely N-dealkylation sites (N-methyl/N-ethyl adjacent to an activating group) is 1. The normalized spacial score (nSPS) is 13.6. The van der Waals surface area contributed by atoms with Gasteiger partial charge in [0.05, 0.1) is 6.54 Å². The molecule has 0 fully saturated rings. The number of hydrogen-bond acceptors (Lipinski definition) is 3. The van der Waals surface area contributed by atoms with E-state index >= 15 is 0 Å². The fourth-order valence-electron chi connectivity index (χ4n) is 1.66. The summed E-state index contributed by atoms with van der Waals surface area (Å²) in [6.45, 7) is 3.16. The highest BCUT2D eigenvalue weighted by Gasteiger charge is 2.39. The predicted octanol–water partition coefficient (Wildman–Crippen LogP) is 1.60. The van der Waals surface area contributed by atoms with Gasteiger partial charge in [0.25, 0.3) is 5.91 Å². The molecule has 0 saturated carbocycles. The van der Waals surface area contributed by atoms with Crippen LogP contribution in [0.1, 0.15) is 30.0 Å². The van der Waals surface area contributed by atoms with E-state index in [-0.39, 0.29) is 5.69 Å². The van der Waals surface area contributed by atoms with Gasteiger partial charge in [0.2, 0.25) is 0 Å². The molecule has 0 aliphatic carbocycles. The van der Waals surface area contributed by atoms with Crippen molar-refractivity contribution in [2.45, 2.75) is 32.5 Å². The van der Waals surface area contributed by atoms with Crippen LogP contribution >= 0.6 is 0 Å². The fraction of sp³-hybridized carbons (Fsp3) is 0.667. The summed E-state index contributed by atoms with van der Waals surface area (Å²) in [5.74, 6) is -0.303. The first kappa shape index (κ1) is 16.5. The quantitative estimate of drug-likeness (QED) is 0.866. The van der Waals surface area contributed by atoms with Crippen molar-refractivity contribution < 1.29 is 23.1 Å². The third-order valence-electron chi connectivity index (χ3n) is 2.65. The van der Waals surface area contributed by atoms with Crippen molar-refractivity contribution in [2.24, 2.45) is 5.92 Å². The monoisotopic (exact) mass is 293 g/mol. The average molecular weight is 293 g/mol. The van der Waals surface area contributed by atoms with Gasteiger partial charge in [-0.1, -0.05) is 13.8 Å². The summed E-state index contributed by atoms with van der Waals surface area (Å²) in [5, 5.41) is 15.4. The second-order valence-electron chi connectivity index (χ2n) is 5.12. The Morgan fingerprint density at radius 1 is 1.50 bits per heavy atom. The zero-order valence-electron chi connectivity index (χ0n) is 11.5. The Labute approximate surface area is 114 Å². The smallest absolute Gasteiger partial charge is 0.382 e. The lowest BCUT2D eigenvalue weighted by atomic mass is 10.1. The lowest BCUT2D eigenvalue weighted by Gasteiger charge is -2.21. The van der Waals surface area contributed by atoms with E-state index in [1.165, 1.54) is 13.1 Å². The first-order valence-electron chi connectivity index (χ1n) is 6.15. The van der Waals surface area contributed by atoms with Crippen LogP contribution in [0.2, 0.25) is 0 Å². The minimum absolute atomic E-state index is 0.0394. The number of aliphatic hydroxyl groups is 1. The first-order chi connectivity index (χ1) is 9.11. The summed E-state index contributed by atoms with van der Waals surface area (Å²) in [5.41, 5.74) is 0.783. The van der Waals surface area contributed by atoms with Gasteiger partial charge in [0, 0.05) is 12.7 Å². The number of rotatable bonds is 5. The van der Waals surface area contributed by atoms with E-state index in [9.17, 15) is 18.0 Å². The highest BCUT2D eigenvalue weighted by Crippen LogP contribution is 2.20. The Balaban J connectivity index is 2.67. The summed E-state index contributed by atoms with van der Waals surface area (Å²) in [6.07, 6.45) is -6.62. The maximum Gasteiger partial charge on any atom is 0.416 e. The molecule has 0 spiro atoms. The van der Waals surface area contributed by atoms with Crippen molar-refractivity contribution in [2.75, 3.05) is 13.6 Å². The number of H-pyrrole nitrogens is 1. The Hall–Kier alpha value is -1.57. The highest BCUT2D eigenvalue weighted by atomic mass is 19.4. The minimum Gasteiger partial charge on any atom is -0.382 e. The van der Waals surface area contributed by atoms with E-state index in [0.717, 1.165) is 10.6 Å². The molecule has 0 aliphatic rings. The molecule has 1 unspecified atom stereocenters. The summed E-state index contributed by atoms with van der Waals surface area (Å²) < 4.78 is 36.6. The molecule has 0 bridgehead atoms. The third kappa shape index (κ3) is 4.52. The molecule has 114 valence electrons. The molecule has 0 aliphatic heterocycles. The second kappa shape index (κ2) is 6.25. The Morgan fingerprint density at radius 2 is 2.10 bits per heavy atom. The second-order valence-corrected chi connectivity index (χ2v) is 5.12. The number of nitrogens with one attached hydrogen (secondary N) is 1. The molecule has 1 aromatic heterocycles. The SMILES string of the molecule is CC(C)Cc1cc(C(=O)N(C)CC(O)C(F)(F)F)n[nH]1. The van der Waals surface area contributed by atoms with Crippen LogP contribution in [0.5, 0.6) is 0 Å². The zero-order chi connectivity index (χ0) is 15.5. The topological polar surface area (TPSA) is 69.2 Å². The molecule has 1 rings (SSSR count). The van der Waals surface area contributed by atoms with E-state index in [1.54, 1.807) is 0 Å². The van der Waals surface area contributed by atoms with Gasteiger partial charge in [0.15, 0.2) is 6.10 Å². The van der Waals surface area contributed by atoms with E-state index in [0.29, 0.717) is 12.3 Å². The Bertz CT molecular complexity index is 457. The molecule has 20 heavy (non-hydrogen) atoms. The standard InChI is InChI=1S/C12H18F3N3O2/c1-7(2)4-8-5-9(17-16-8)11(20)18(3)6-10(19)12(13,14)15/h5,7,10,19H,4,6H2,1-3H3,(H,16,17). The molecular formula is C12H18F3N3O2. The number of aromatic nitrogens is 2. The van der Waals surface area contributed by atoms with Crippen LogP contribution in [0.25, 0.3) is 0 Å². The van der Waals surface area contributed by atoms with E-state index in [1.807, 2.05) is 13.8 Å². The third-order valence-corrected chi connectivity index (χ3v) is 2.65. The number of nitrogens with zero attached hydrogens (tertiary/aromatic N) is 2. The molecule has 1 atom stereocenters. The number of hydrogen-bond donors (Lipinski definition) is 2. The zero-order valence-corrected chi connectivity index (χ0v) is 11.5. The molecular weight excluding hydrogens is 275 g/mol. The molecule has 8 heteroatoms. The van der Waals surface area contributed by atoms with E-state index < -0.39 is 24.7 Å². The van der Waals surface area contributed by atoms with Gasteiger partial charge in [0.1, 0.15) is 5.69 Å². The van der Waals surface area contributed by atoms with Gasteiger partial charge in [-0.15, -0.1) is 0 Å². The Morgan fingerprint density at radius 3 is 2.60 bits per heavy atom. The number of amides is 1. The largest absolute Gasteiger partial charge is 0.416 e. The molecule has 0 radical (unpaired) electrons. The lowest BCUT2D eigenvalue weighted by molar-refractivity contribution is -0.205. The predicted molar refractivity (Wildman–Crippen MR) is 66.2 cm³/mol. The summed E-state index contributed by atoms with van der Waals surface area (Å²) in [4.78, 5) is 12.7. The van der Waals surface area contributed by atoms with Crippen LogP contribution in [0.3, 0.4) is 0 Å². The van der Waals surface area contributed by atoms with Crippen LogP contribution in [-0.4, -0.2) is 52.0 Å². The Kier molecular flexibility index (Phi) is 5.15. The summed E-state index contributed by atoms with van der Waals surface area (Å²) >= 11 is 0. The number of aromatic amines is 1. The molecule has 1 amide bonds. The van der Waals surface area contributed by atoms with Gasteiger partial charge >= 0.3 is 6.18 Å². The van der Waals surface area contributed by atoms with Gasteiger partial charge < -0.3 is 10.0 Å². The van der Waals surface area contributed by atoms with E-state index in [2.05, 4.69) is 10.2 Å². The van der Waals surface area contributed by atoms with Gasteiger partial charge in [-0.2, -0.15) is 18.3 Å². The van der Waals surface area contributed by atoms with Crippen molar-refractivity contribution >= 4 is 5.91 Å². The van der Waals surface area contributed by atoms with Gasteiger partial charge in [-0.3, -0.25) is 9.89 Å². The molecule has 0 aromatic carbocycles. The number of carbonyl (C=O) groups excluding carboxylic acids is 1. The van der Waals surface area contributed by atoms with Crippen LogP contribution in [0.15, 0.2) is 6.07 Å². The van der Waals surface area contributed by atoms with Crippen molar-refractivity contribution in [3.8, 4) is 0 Å². The average Bonchev–Trinajstić information content (AvgIpc) is 2.74. The van der Waals surface area contributed by atoms with Gasteiger partial charge in [-0.25, -0.2) is 0 Å². The number of halogens is 3. The minimum atomic E-state index is -4.75. The van der Waals surface area contributed by atoms with Crippen LogP contribution in [-0.2, 0) is 6.42 Å². The number of carbonyl (C=O) groups is 1. The van der Waals surface area contributed by atoms with Crippen LogP contribution in [0.4, 0.5) is 13.2 Å². The van der Waals surface area contributed by atoms with Crippen molar-refractivity contribution in [1.82, 2.24) is 15.1 Å². The fourth-order valence-corrected chi connectivity index (χ4v) is 1.66. The maximum absolute atomic E-state index is 12.2. The van der Waals surface area contributed by atoms with Gasteiger partial charge in [-0.05, 0) is 18.4 Å². The molecule has 5 nitrogen and oxygen atoms in total. The van der Waals surface area contributed by atoms with Crippen LogP contribution in [0, 0.1) is 5.92 Å². The molecule has 1 heterocycles. The molecule has 0 saturated heterocycles. The van der Waals surface area contributed by atoms with Crippen LogP contribution < -0.4 is 0 Å². The highest BCUT2D eigenvalue weighted by molar-refractivity contribution is 5.92.